The first kappa shape index (κ1) is 22.5. The molecule has 9 heteroatoms. The van der Waals surface area contributed by atoms with Gasteiger partial charge in [-0.1, -0.05) is 23.7 Å². The molecule has 0 spiro atoms. The van der Waals surface area contributed by atoms with Gasteiger partial charge in [0.15, 0.2) is 0 Å². The van der Waals surface area contributed by atoms with Gasteiger partial charge >= 0.3 is 0 Å². The van der Waals surface area contributed by atoms with Gasteiger partial charge < -0.3 is 4.90 Å². The first-order valence-corrected chi connectivity index (χ1v) is 10.4. The zero-order chi connectivity index (χ0) is 23.9. The molecule has 4 rings (SSSR count). The van der Waals surface area contributed by atoms with E-state index in [1.54, 1.807) is 19.1 Å². The molecule has 1 aliphatic rings. The Morgan fingerprint density at radius 1 is 1.06 bits per heavy atom. The zero-order valence-electron chi connectivity index (χ0n) is 17.7. The van der Waals surface area contributed by atoms with Gasteiger partial charge in [-0.05, 0) is 42.8 Å². The lowest BCUT2D eigenvalue weighted by Crippen LogP contribution is -2.51. The molecule has 6 nitrogen and oxygen atoms in total. The maximum Gasteiger partial charge on any atom is 0.262 e. The predicted octanol–water partition coefficient (Wildman–Crippen LogP) is 4.19. The summed E-state index contributed by atoms with van der Waals surface area (Å²) in [7, 11) is 1.45. The molecule has 0 saturated heterocycles. The third-order valence-electron chi connectivity index (χ3n) is 5.50. The van der Waals surface area contributed by atoms with E-state index in [0.717, 1.165) is 17.0 Å². The second kappa shape index (κ2) is 8.71. The molecule has 2 aromatic carbocycles. The smallest absolute Gasteiger partial charge is 0.262 e. The molecular formula is C24H18ClF2N3O3. The summed E-state index contributed by atoms with van der Waals surface area (Å²) in [6.07, 6.45) is 1.15. The number of halogens is 3. The zero-order valence-corrected chi connectivity index (χ0v) is 18.4. The molecule has 1 aliphatic heterocycles. The van der Waals surface area contributed by atoms with Crippen molar-refractivity contribution >= 4 is 35.0 Å². The van der Waals surface area contributed by atoms with Crippen molar-refractivity contribution < 1.29 is 23.2 Å². The molecule has 0 radical (unpaired) electrons. The lowest BCUT2D eigenvalue weighted by atomic mass is 10.0. The number of rotatable bonds is 5. The molecule has 0 aliphatic carbocycles. The lowest BCUT2D eigenvalue weighted by molar-refractivity contribution is -0.122. The summed E-state index contributed by atoms with van der Waals surface area (Å²) in [6.45, 7) is 1.70. The molecule has 3 amide bonds. The van der Waals surface area contributed by atoms with Crippen LogP contribution < -0.4 is 4.90 Å². The summed E-state index contributed by atoms with van der Waals surface area (Å²) in [5.74, 6) is -3.61. The van der Waals surface area contributed by atoms with Gasteiger partial charge in [0.25, 0.3) is 11.8 Å². The van der Waals surface area contributed by atoms with Crippen molar-refractivity contribution in [2.45, 2.75) is 19.4 Å². The Labute approximate surface area is 193 Å². The van der Waals surface area contributed by atoms with Gasteiger partial charge in [-0.2, -0.15) is 0 Å². The maximum atomic E-state index is 13.8. The van der Waals surface area contributed by atoms with Crippen molar-refractivity contribution in [3.05, 3.63) is 93.8 Å². The predicted molar refractivity (Wildman–Crippen MR) is 118 cm³/mol. The highest BCUT2D eigenvalue weighted by Gasteiger charge is 2.43. The van der Waals surface area contributed by atoms with E-state index in [4.69, 9.17) is 11.6 Å². The number of hydrogen-bond donors (Lipinski definition) is 0. The first-order valence-electron chi connectivity index (χ1n) is 9.99. The molecule has 33 heavy (non-hydrogen) atoms. The average molecular weight is 470 g/mol. The van der Waals surface area contributed by atoms with Crippen LogP contribution in [0.5, 0.6) is 0 Å². The number of carbonyl (C=O) groups excluding carboxylic acids is 3. The normalized spacial score (nSPS) is 13.8. The molecule has 0 unspecified atom stereocenters. The highest BCUT2D eigenvalue weighted by atomic mass is 35.5. The van der Waals surface area contributed by atoms with E-state index in [1.807, 2.05) is 0 Å². The fourth-order valence-corrected chi connectivity index (χ4v) is 3.92. The van der Waals surface area contributed by atoms with Gasteiger partial charge in [0, 0.05) is 19.5 Å². The molecule has 0 fully saturated rings. The van der Waals surface area contributed by atoms with Crippen molar-refractivity contribution in [2.75, 3.05) is 11.9 Å². The maximum absolute atomic E-state index is 13.8. The highest BCUT2D eigenvalue weighted by Crippen LogP contribution is 2.28. The number of pyridine rings is 1. The van der Waals surface area contributed by atoms with Crippen LogP contribution in [0.4, 0.5) is 14.5 Å². The van der Waals surface area contributed by atoms with Crippen molar-refractivity contribution in [3.8, 4) is 0 Å². The third kappa shape index (κ3) is 4.21. The standard InChI is InChI=1S/C24H18ClF2N3O3/c1-13-20(25)11-17(12-28-13)29(2)24(33)21(9-14-7-15(26)10-16(27)8-14)30-22(31)18-5-3-4-6-19(18)23(30)32/h3-8,10-12,21H,9H2,1-2H3/t21-/m0/s1. The average Bonchev–Trinajstić information content (AvgIpc) is 3.03. The molecule has 168 valence electrons. The molecule has 0 N–H and O–H groups in total. The quantitative estimate of drug-likeness (QED) is 0.525. The largest absolute Gasteiger partial charge is 0.312 e. The summed E-state index contributed by atoms with van der Waals surface area (Å²) in [6, 6.07) is 9.20. The van der Waals surface area contributed by atoms with Crippen LogP contribution in [0.1, 0.15) is 32.0 Å². The molecule has 0 bridgehead atoms. The topological polar surface area (TPSA) is 70.6 Å². The van der Waals surface area contributed by atoms with Crippen molar-refractivity contribution in [1.29, 1.82) is 0 Å². The summed E-state index contributed by atoms with van der Waals surface area (Å²) < 4.78 is 27.7. The second-order valence-corrected chi connectivity index (χ2v) is 8.09. The number of carbonyl (C=O) groups is 3. The van der Waals surface area contributed by atoms with Crippen LogP contribution >= 0.6 is 11.6 Å². The van der Waals surface area contributed by atoms with E-state index in [2.05, 4.69) is 4.98 Å². The highest BCUT2D eigenvalue weighted by molar-refractivity contribution is 6.31. The number of anilines is 1. The minimum atomic E-state index is -1.36. The first-order chi connectivity index (χ1) is 15.7. The van der Waals surface area contributed by atoms with E-state index >= 15 is 0 Å². The minimum Gasteiger partial charge on any atom is -0.312 e. The monoisotopic (exact) mass is 469 g/mol. The van der Waals surface area contributed by atoms with Gasteiger partial charge in [-0.3, -0.25) is 24.3 Å². The fourth-order valence-electron chi connectivity index (χ4n) is 3.76. The number of aromatic nitrogens is 1. The summed E-state index contributed by atoms with van der Waals surface area (Å²) in [5, 5.41) is 0.330. The number of benzene rings is 2. The number of fused-ring (bicyclic) bond motifs is 1. The van der Waals surface area contributed by atoms with E-state index in [-0.39, 0.29) is 23.1 Å². The Balaban J connectivity index is 1.76. The second-order valence-electron chi connectivity index (χ2n) is 7.68. The van der Waals surface area contributed by atoms with Gasteiger partial charge in [0.1, 0.15) is 17.7 Å². The van der Waals surface area contributed by atoms with Gasteiger partial charge in [0.05, 0.1) is 33.7 Å². The van der Waals surface area contributed by atoms with E-state index in [1.165, 1.54) is 36.3 Å². The van der Waals surface area contributed by atoms with Gasteiger partial charge in [0.2, 0.25) is 5.91 Å². The molecule has 0 saturated carbocycles. The van der Waals surface area contributed by atoms with Crippen LogP contribution in [0.25, 0.3) is 0 Å². The Morgan fingerprint density at radius 2 is 1.64 bits per heavy atom. The molecule has 1 atom stereocenters. The number of amides is 3. The molecular weight excluding hydrogens is 452 g/mol. The Bertz CT molecular complexity index is 1240. The molecule has 3 aromatic rings. The molecule has 2 heterocycles. The number of aryl methyl sites for hydroxylation is 1. The van der Waals surface area contributed by atoms with Crippen LogP contribution in [0.3, 0.4) is 0 Å². The minimum absolute atomic E-state index is 0.121. The van der Waals surface area contributed by atoms with Crippen LogP contribution in [-0.4, -0.2) is 40.7 Å². The Morgan fingerprint density at radius 3 is 2.18 bits per heavy atom. The third-order valence-corrected chi connectivity index (χ3v) is 5.88. The van der Waals surface area contributed by atoms with Crippen molar-refractivity contribution in [2.24, 2.45) is 0 Å². The lowest BCUT2D eigenvalue weighted by Gasteiger charge is -2.29. The van der Waals surface area contributed by atoms with Gasteiger partial charge in [-0.25, -0.2) is 8.78 Å². The Hall–Kier alpha value is -3.65. The summed E-state index contributed by atoms with van der Waals surface area (Å²) >= 11 is 6.14. The molecule has 1 aromatic heterocycles. The van der Waals surface area contributed by atoms with Crippen molar-refractivity contribution in [1.82, 2.24) is 9.88 Å². The number of nitrogens with zero attached hydrogens (tertiary/aromatic N) is 3. The van der Waals surface area contributed by atoms with Crippen LogP contribution in [0, 0.1) is 18.6 Å². The Kier molecular flexibility index (Phi) is 5.95. The van der Waals surface area contributed by atoms with Crippen LogP contribution in [0.15, 0.2) is 54.7 Å². The van der Waals surface area contributed by atoms with Gasteiger partial charge in [-0.15, -0.1) is 0 Å². The summed E-state index contributed by atoms with van der Waals surface area (Å²) in [4.78, 5) is 45.9. The van der Waals surface area contributed by atoms with E-state index < -0.39 is 35.4 Å². The number of likely N-dealkylation sites (N-methyl/N-ethyl adjacent to an activating group) is 1. The SMILES string of the molecule is Cc1ncc(N(C)C(=O)[C@H](Cc2cc(F)cc(F)c2)N2C(=O)c3ccccc3C2=O)cc1Cl. The number of hydrogen-bond acceptors (Lipinski definition) is 4. The fraction of sp³-hybridized carbons (Fsp3) is 0.167. The summed E-state index contributed by atoms with van der Waals surface area (Å²) in [5.41, 5.74) is 1.34. The van der Waals surface area contributed by atoms with E-state index in [0.29, 0.717) is 22.5 Å². The van der Waals surface area contributed by atoms with Crippen LogP contribution in [0.2, 0.25) is 5.02 Å². The van der Waals surface area contributed by atoms with Crippen molar-refractivity contribution in [3.63, 3.8) is 0 Å². The van der Waals surface area contributed by atoms with E-state index in [9.17, 15) is 23.2 Å². The number of imide groups is 1. The van der Waals surface area contributed by atoms with Crippen LogP contribution in [-0.2, 0) is 11.2 Å².